The van der Waals surface area contributed by atoms with Gasteiger partial charge in [-0.2, -0.15) is 0 Å². The van der Waals surface area contributed by atoms with Crippen molar-refractivity contribution in [2.24, 2.45) is 17.8 Å². The molecule has 0 radical (unpaired) electrons. The largest absolute Gasteiger partial charge is 0.478 e. The van der Waals surface area contributed by atoms with Crippen LogP contribution in [-0.2, 0) is 16.8 Å². The Labute approximate surface area is 228 Å². The van der Waals surface area contributed by atoms with E-state index in [4.69, 9.17) is 4.74 Å². The van der Waals surface area contributed by atoms with Crippen LogP contribution in [0, 0.1) is 17.8 Å². The number of hydrogen-bond donors (Lipinski definition) is 1. The van der Waals surface area contributed by atoms with E-state index in [0.29, 0.717) is 0 Å². The predicted octanol–water partition coefficient (Wildman–Crippen LogP) is 8.03. The van der Waals surface area contributed by atoms with Crippen molar-refractivity contribution in [1.29, 1.82) is 0 Å². The van der Waals surface area contributed by atoms with Gasteiger partial charge < -0.3 is 9.84 Å². The van der Waals surface area contributed by atoms with Gasteiger partial charge in [-0.1, -0.05) is 54.6 Å². The van der Waals surface area contributed by atoms with Gasteiger partial charge in [-0.3, -0.25) is 0 Å². The van der Waals surface area contributed by atoms with Crippen LogP contribution in [0.3, 0.4) is 0 Å². The van der Waals surface area contributed by atoms with Crippen LogP contribution in [0.2, 0.25) is 0 Å². The van der Waals surface area contributed by atoms with Crippen LogP contribution < -0.4 is 0 Å². The second-order valence-electron chi connectivity index (χ2n) is 12.1. The smallest absolute Gasteiger partial charge is 0.338 e. The summed E-state index contributed by atoms with van der Waals surface area (Å²) in [5.74, 6) is 1.13. The molecule has 4 heteroatoms. The van der Waals surface area contributed by atoms with Gasteiger partial charge in [0.15, 0.2) is 0 Å². The third-order valence-corrected chi connectivity index (χ3v) is 9.48. The number of fused-ring (bicyclic) bond motifs is 1. The van der Waals surface area contributed by atoms with Gasteiger partial charge in [0.05, 0.1) is 11.1 Å². The zero-order chi connectivity index (χ0) is 26.6. The van der Waals surface area contributed by atoms with E-state index >= 15 is 0 Å². The average molecular weight is 517 g/mol. The Bertz CT molecular complexity index is 1530. The van der Waals surface area contributed by atoms with Crippen molar-refractivity contribution >= 4 is 22.7 Å². The van der Waals surface area contributed by atoms with Gasteiger partial charge in [0, 0.05) is 0 Å². The minimum atomic E-state index is -0.924. The summed E-state index contributed by atoms with van der Waals surface area (Å²) in [7, 11) is 0. The number of carboxylic acid groups (broad SMARTS) is 1. The fourth-order valence-corrected chi connectivity index (χ4v) is 8.13. The molecule has 196 valence electrons. The number of benzene rings is 4. The van der Waals surface area contributed by atoms with Gasteiger partial charge in [0.1, 0.15) is 6.61 Å². The molecule has 0 unspecified atom stereocenters. The number of hydrogen-bond acceptors (Lipinski definition) is 3. The van der Waals surface area contributed by atoms with E-state index in [-0.39, 0.29) is 23.6 Å². The molecule has 4 bridgehead atoms. The fourth-order valence-electron chi connectivity index (χ4n) is 8.13. The first kappa shape index (κ1) is 24.1. The van der Waals surface area contributed by atoms with Gasteiger partial charge in [-0.15, -0.1) is 0 Å². The quantitative estimate of drug-likeness (QED) is 0.264. The summed E-state index contributed by atoms with van der Waals surface area (Å²) >= 11 is 0. The molecule has 4 aromatic carbocycles. The Morgan fingerprint density at radius 1 is 0.744 bits per heavy atom. The van der Waals surface area contributed by atoms with Crippen LogP contribution in [0.4, 0.5) is 0 Å². The van der Waals surface area contributed by atoms with Crippen LogP contribution in [0.25, 0.3) is 21.9 Å². The van der Waals surface area contributed by atoms with E-state index in [2.05, 4.69) is 18.2 Å². The van der Waals surface area contributed by atoms with Crippen molar-refractivity contribution in [3.05, 3.63) is 107 Å². The maximum Gasteiger partial charge on any atom is 0.338 e. The molecule has 8 rings (SSSR count). The van der Waals surface area contributed by atoms with Crippen molar-refractivity contribution < 1.29 is 19.4 Å². The minimum absolute atomic E-state index is 0.0448. The van der Waals surface area contributed by atoms with Crippen LogP contribution >= 0.6 is 0 Å². The summed E-state index contributed by atoms with van der Waals surface area (Å²) in [6.07, 6.45) is 7.53. The Morgan fingerprint density at radius 3 is 2.03 bits per heavy atom. The summed E-state index contributed by atoms with van der Waals surface area (Å²) in [6.45, 7) is 0.267. The highest BCUT2D eigenvalue weighted by Gasteiger charge is 2.52. The average Bonchev–Trinajstić information content (AvgIpc) is 2.95. The van der Waals surface area contributed by atoms with Crippen molar-refractivity contribution in [3.8, 4) is 11.1 Å². The third-order valence-electron chi connectivity index (χ3n) is 9.48. The monoisotopic (exact) mass is 516 g/mol. The summed E-state index contributed by atoms with van der Waals surface area (Å²) in [6, 6.07) is 27.5. The van der Waals surface area contributed by atoms with E-state index < -0.39 is 5.97 Å². The zero-order valence-electron chi connectivity index (χ0n) is 21.9. The molecule has 0 atom stereocenters. The van der Waals surface area contributed by atoms with Gasteiger partial charge in [0.25, 0.3) is 0 Å². The highest BCUT2D eigenvalue weighted by molar-refractivity contribution is 5.99. The Hall–Kier alpha value is -3.92. The number of aromatic carboxylic acids is 1. The summed E-state index contributed by atoms with van der Waals surface area (Å²) in [5, 5.41) is 11.4. The van der Waals surface area contributed by atoms with E-state index in [1.807, 2.05) is 54.6 Å². The second-order valence-corrected chi connectivity index (χ2v) is 12.1. The second kappa shape index (κ2) is 9.37. The van der Waals surface area contributed by atoms with Crippen molar-refractivity contribution in [1.82, 2.24) is 0 Å². The molecular weight excluding hydrogens is 484 g/mol. The molecular formula is C35H32O4. The first-order valence-electron chi connectivity index (χ1n) is 14.1. The first-order valence-corrected chi connectivity index (χ1v) is 14.1. The third kappa shape index (κ3) is 4.42. The number of carbonyl (C=O) groups excluding carboxylic acids is 1. The van der Waals surface area contributed by atoms with Gasteiger partial charge >= 0.3 is 11.9 Å². The van der Waals surface area contributed by atoms with Crippen LogP contribution in [-0.4, -0.2) is 17.0 Å². The van der Waals surface area contributed by atoms with Gasteiger partial charge in [0.2, 0.25) is 0 Å². The highest BCUT2D eigenvalue weighted by atomic mass is 16.5. The number of esters is 1. The van der Waals surface area contributed by atoms with Gasteiger partial charge in [-0.25, -0.2) is 9.59 Å². The molecule has 0 amide bonds. The van der Waals surface area contributed by atoms with E-state index in [1.165, 1.54) is 44.1 Å². The molecule has 0 saturated heterocycles. The van der Waals surface area contributed by atoms with Crippen molar-refractivity contribution in [3.63, 3.8) is 0 Å². The number of ether oxygens (including phenoxy) is 1. The molecule has 1 N–H and O–H groups in total. The highest BCUT2D eigenvalue weighted by Crippen LogP contribution is 2.61. The molecule has 4 saturated carbocycles. The predicted molar refractivity (Wildman–Crippen MR) is 152 cm³/mol. The van der Waals surface area contributed by atoms with E-state index in [9.17, 15) is 14.7 Å². The molecule has 0 spiro atoms. The van der Waals surface area contributed by atoms with E-state index in [1.54, 1.807) is 12.1 Å². The zero-order valence-corrected chi connectivity index (χ0v) is 21.9. The molecule has 4 aromatic rings. The lowest BCUT2D eigenvalue weighted by Gasteiger charge is -2.57. The maximum absolute atomic E-state index is 13.7. The molecule has 39 heavy (non-hydrogen) atoms. The molecule has 0 aromatic heterocycles. The van der Waals surface area contributed by atoms with Crippen molar-refractivity contribution in [2.45, 2.75) is 50.5 Å². The van der Waals surface area contributed by atoms with Crippen LogP contribution in [0.15, 0.2) is 84.9 Å². The molecule has 4 aliphatic carbocycles. The number of rotatable bonds is 6. The lowest BCUT2D eigenvalue weighted by Crippen LogP contribution is -2.49. The Kier molecular flexibility index (Phi) is 5.80. The summed E-state index contributed by atoms with van der Waals surface area (Å²) < 4.78 is 5.90. The molecule has 0 heterocycles. The fraction of sp³-hybridized carbons (Fsp3) is 0.314. The Balaban J connectivity index is 1.30. The Morgan fingerprint density at radius 2 is 1.38 bits per heavy atom. The first-order chi connectivity index (χ1) is 19.0. The SMILES string of the molecule is O=C(O)c1ccc(-c2ccc3cc(C(=O)OCc4ccccc4)c(C45CC6CC(CC(C6)C4)C5)cc3c2)cc1. The summed E-state index contributed by atoms with van der Waals surface area (Å²) in [4.78, 5) is 25.0. The van der Waals surface area contributed by atoms with Crippen LogP contribution in [0.1, 0.15) is 70.4 Å². The van der Waals surface area contributed by atoms with Crippen LogP contribution in [0.5, 0.6) is 0 Å². The van der Waals surface area contributed by atoms with Gasteiger partial charge in [-0.05, 0) is 125 Å². The number of carbonyl (C=O) groups is 2. The topological polar surface area (TPSA) is 63.6 Å². The standard InChI is InChI=1S/C35H32O4/c36-33(37)27-8-6-26(7-9-27)28-10-11-29-16-31(34(38)39-21-22-4-2-1-3-5-22)32(17-30(29)15-28)35-18-23-12-24(19-35)14-25(13-23)20-35/h1-11,15-17,23-25H,12-14,18-21H2,(H,36,37). The number of carboxylic acids is 1. The maximum atomic E-state index is 13.7. The molecule has 0 aliphatic heterocycles. The van der Waals surface area contributed by atoms with Crippen molar-refractivity contribution in [2.75, 3.05) is 0 Å². The summed E-state index contributed by atoms with van der Waals surface area (Å²) in [5.41, 5.74) is 5.22. The van der Waals surface area contributed by atoms with E-state index in [0.717, 1.165) is 50.8 Å². The normalized spacial score (nSPS) is 25.1. The lowest BCUT2D eigenvalue weighted by atomic mass is 9.47. The minimum Gasteiger partial charge on any atom is -0.478 e. The molecule has 4 aliphatic rings. The molecule has 4 fully saturated rings. The molecule has 4 nitrogen and oxygen atoms in total. The lowest BCUT2D eigenvalue weighted by molar-refractivity contribution is -0.00608.